The molecule has 0 aromatic heterocycles. The van der Waals surface area contributed by atoms with Gasteiger partial charge in [-0.05, 0) is 100 Å². The molecule has 2 aliphatic carbocycles. The molecule has 5 atom stereocenters. The topological polar surface area (TPSA) is 36.5 Å². The summed E-state index contributed by atoms with van der Waals surface area (Å²) in [6.07, 6.45) is 23.1. The van der Waals surface area contributed by atoms with Crippen LogP contribution in [-0.4, -0.2) is 43.3 Å². The van der Waals surface area contributed by atoms with E-state index in [0.29, 0.717) is 0 Å². The lowest BCUT2D eigenvalue weighted by molar-refractivity contribution is -0.125. The summed E-state index contributed by atoms with van der Waals surface area (Å²) < 4.78 is 0. The fourth-order valence-electron chi connectivity index (χ4n) is 8.29. The third-order valence-corrected chi connectivity index (χ3v) is 10.0. The fourth-order valence-corrected chi connectivity index (χ4v) is 8.29. The average Bonchev–Trinajstić information content (AvgIpc) is 2.82. The number of piperidine rings is 1. The zero-order valence-corrected chi connectivity index (χ0v) is 20.1. The molecule has 6 fully saturated rings. The summed E-state index contributed by atoms with van der Waals surface area (Å²) in [6.45, 7) is 5.98. The normalized spacial score (nSPS) is 45.7. The minimum absolute atomic E-state index is 0.0611. The van der Waals surface area contributed by atoms with Crippen LogP contribution in [0.3, 0.4) is 0 Å². The molecule has 4 heterocycles. The first-order valence-electron chi connectivity index (χ1n) is 14.2. The molecule has 0 aromatic carbocycles. The Bertz CT molecular complexity index is 535. The van der Waals surface area contributed by atoms with E-state index in [2.05, 4.69) is 15.7 Å². The van der Waals surface area contributed by atoms with Crippen molar-refractivity contribution in [2.24, 2.45) is 29.6 Å². The largest absolute Gasteiger partial charge is 0.303 e. The van der Waals surface area contributed by atoms with Gasteiger partial charge in [0.1, 0.15) is 0 Å². The number of fused-ring (bicyclic) bond motifs is 8. The highest BCUT2D eigenvalue weighted by atomic mass is 16.7. The maximum Gasteiger partial charge on any atom is 0.0954 e. The Morgan fingerprint density at radius 3 is 2.32 bits per heavy atom. The first-order valence-corrected chi connectivity index (χ1v) is 14.2. The second kappa shape index (κ2) is 10.8. The van der Waals surface area contributed by atoms with Crippen molar-refractivity contribution in [3.63, 3.8) is 0 Å². The summed E-state index contributed by atoms with van der Waals surface area (Å²) in [5.74, 6) is 4.64. The van der Waals surface area contributed by atoms with Crippen LogP contribution >= 0.6 is 0 Å². The quantitative estimate of drug-likeness (QED) is 0.532. The summed E-state index contributed by atoms with van der Waals surface area (Å²) in [7, 11) is 0. The highest BCUT2D eigenvalue weighted by Crippen LogP contribution is 2.45. The number of hydrogen-bond donors (Lipinski definition) is 2. The lowest BCUT2D eigenvalue weighted by Gasteiger charge is -2.51. The molecule has 4 aliphatic heterocycles. The van der Waals surface area contributed by atoms with Gasteiger partial charge in [-0.25, -0.2) is 0 Å². The maximum absolute atomic E-state index is 5.85. The van der Waals surface area contributed by atoms with Gasteiger partial charge in [0.15, 0.2) is 0 Å². The molecule has 2 N–H and O–H groups in total. The highest BCUT2D eigenvalue weighted by Gasteiger charge is 2.46. The SMILES string of the molecule is C1CCCN2CCCC(C2)C2CCC(CC2)CCC2C(CC1)CCCC21NCCON1. The smallest absolute Gasteiger partial charge is 0.0954 e. The van der Waals surface area contributed by atoms with E-state index in [4.69, 9.17) is 4.84 Å². The predicted molar refractivity (Wildman–Crippen MR) is 128 cm³/mol. The van der Waals surface area contributed by atoms with Gasteiger partial charge in [0.2, 0.25) is 0 Å². The first-order chi connectivity index (χ1) is 15.3. The zero-order valence-electron chi connectivity index (χ0n) is 20.1. The standard InChI is InChI=1S/C27H49N3O/c1-2-4-18-30-19-6-9-25(21-30)23-13-10-22(11-14-23)12-15-26-24(7-3-1)8-5-16-27(26)28-17-20-31-29-27/h22-26,28-29H,1-21H2. The number of hydrogen-bond acceptors (Lipinski definition) is 4. The van der Waals surface area contributed by atoms with Crippen molar-refractivity contribution < 1.29 is 4.84 Å². The van der Waals surface area contributed by atoms with Crippen LogP contribution in [0.25, 0.3) is 0 Å². The summed E-state index contributed by atoms with van der Waals surface area (Å²) in [6, 6.07) is 0. The molecule has 4 saturated heterocycles. The Morgan fingerprint density at radius 1 is 0.677 bits per heavy atom. The van der Waals surface area contributed by atoms with Gasteiger partial charge in [-0.1, -0.05) is 44.9 Å². The van der Waals surface area contributed by atoms with Gasteiger partial charge in [-0.2, -0.15) is 5.48 Å². The molecule has 31 heavy (non-hydrogen) atoms. The molecule has 6 aliphatic rings. The van der Waals surface area contributed by atoms with Crippen molar-refractivity contribution in [2.75, 3.05) is 32.8 Å². The van der Waals surface area contributed by atoms with Gasteiger partial charge in [0.25, 0.3) is 0 Å². The van der Waals surface area contributed by atoms with Gasteiger partial charge >= 0.3 is 0 Å². The molecular weight excluding hydrogens is 382 g/mol. The monoisotopic (exact) mass is 431 g/mol. The van der Waals surface area contributed by atoms with E-state index in [1.54, 1.807) is 0 Å². The second-order valence-corrected chi connectivity index (χ2v) is 11.9. The van der Waals surface area contributed by atoms with Crippen molar-refractivity contribution >= 4 is 0 Å². The summed E-state index contributed by atoms with van der Waals surface area (Å²) in [5, 5.41) is 3.92. The molecule has 1 spiro atoms. The molecule has 0 radical (unpaired) electrons. The Kier molecular flexibility index (Phi) is 7.91. The Labute approximate surface area is 191 Å². The van der Waals surface area contributed by atoms with Crippen molar-refractivity contribution in [1.82, 2.24) is 15.7 Å². The van der Waals surface area contributed by atoms with Crippen LogP contribution in [0.1, 0.15) is 103 Å². The van der Waals surface area contributed by atoms with Crippen LogP contribution in [-0.2, 0) is 4.84 Å². The summed E-state index contributed by atoms with van der Waals surface area (Å²) >= 11 is 0. The number of nitrogens with one attached hydrogen (secondary N) is 2. The van der Waals surface area contributed by atoms with Gasteiger partial charge < -0.3 is 4.90 Å². The molecular formula is C27H49N3O. The van der Waals surface area contributed by atoms with Crippen LogP contribution in [0, 0.1) is 29.6 Å². The van der Waals surface area contributed by atoms with Crippen molar-refractivity contribution in [3.05, 3.63) is 0 Å². The van der Waals surface area contributed by atoms with E-state index in [1.165, 1.54) is 122 Å². The second-order valence-electron chi connectivity index (χ2n) is 11.9. The van der Waals surface area contributed by atoms with E-state index in [0.717, 1.165) is 42.7 Å². The van der Waals surface area contributed by atoms with Gasteiger partial charge in [0.05, 0.1) is 12.3 Å². The van der Waals surface area contributed by atoms with Gasteiger partial charge in [-0.15, -0.1) is 0 Å². The summed E-state index contributed by atoms with van der Waals surface area (Å²) in [4.78, 5) is 8.68. The lowest BCUT2D eigenvalue weighted by atomic mass is 9.66. The van der Waals surface area contributed by atoms with E-state index < -0.39 is 0 Å². The molecule has 6 rings (SSSR count). The van der Waals surface area contributed by atoms with Gasteiger partial charge in [-0.3, -0.25) is 10.2 Å². The number of nitrogens with zero attached hydrogens (tertiary/aromatic N) is 1. The minimum Gasteiger partial charge on any atom is -0.303 e. The van der Waals surface area contributed by atoms with Crippen molar-refractivity contribution in [3.8, 4) is 0 Å². The van der Waals surface area contributed by atoms with E-state index >= 15 is 0 Å². The Morgan fingerprint density at radius 2 is 1.45 bits per heavy atom. The molecule has 4 heteroatoms. The maximum atomic E-state index is 5.85. The molecule has 178 valence electrons. The van der Waals surface area contributed by atoms with Crippen LogP contribution in [0.15, 0.2) is 0 Å². The van der Waals surface area contributed by atoms with Crippen LogP contribution in [0.5, 0.6) is 0 Å². The third-order valence-electron chi connectivity index (χ3n) is 10.0. The highest BCUT2D eigenvalue weighted by molar-refractivity contribution is 4.98. The van der Waals surface area contributed by atoms with Crippen LogP contribution in [0.2, 0.25) is 0 Å². The Hall–Kier alpha value is -0.160. The summed E-state index contributed by atoms with van der Waals surface area (Å²) in [5.41, 5.74) is 3.61. The van der Waals surface area contributed by atoms with Crippen LogP contribution in [0.4, 0.5) is 0 Å². The van der Waals surface area contributed by atoms with Gasteiger partial charge in [0, 0.05) is 13.1 Å². The zero-order chi connectivity index (χ0) is 20.9. The molecule has 4 nitrogen and oxygen atoms in total. The van der Waals surface area contributed by atoms with E-state index in [-0.39, 0.29) is 5.66 Å². The van der Waals surface area contributed by atoms with Crippen molar-refractivity contribution in [2.45, 2.75) is 108 Å². The molecule has 4 bridgehead atoms. The lowest BCUT2D eigenvalue weighted by Crippen LogP contribution is -2.68. The van der Waals surface area contributed by atoms with E-state index in [9.17, 15) is 0 Å². The Balaban J connectivity index is 1.27. The number of rotatable bonds is 0. The third kappa shape index (κ3) is 5.50. The molecule has 5 unspecified atom stereocenters. The molecule has 0 amide bonds. The number of hydroxylamine groups is 1. The fraction of sp³-hybridized carbons (Fsp3) is 1.00. The molecule has 0 aromatic rings. The van der Waals surface area contributed by atoms with Crippen LogP contribution < -0.4 is 10.8 Å². The average molecular weight is 432 g/mol. The van der Waals surface area contributed by atoms with Crippen molar-refractivity contribution in [1.29, 1.82) is 0 Å². The minimum atomic E-state index is 0.0611. The first kappa shape index (κ1) is 22.6. The van der Waals surface area contributed by atoms with E-state index in [1.807, 2.05) is 0 Å². The predicted octanol–water partition coefficient (Wildman–Crippen LogP) is 5.49. The molecule has 2 saturated carbocycles.